The monoisotopic (exact) mass is 1560 g/mol. The van der Waals surface area contributed by atoms with Gasteiger partial charge in [-0.25, -0.2) is 4.98 Å². The molecular formula is C109H69N11O2. The molecular weight excluding hydrogens is 1500 g/mol. The topological polar surface area (TPSA) is 136 Å². The lowest BCUT2D eigenvalue weighted by molar-refractivity contribution is 0.623. The zero-order chi connectivity index (χ0) is 80.6. The Hall–Kier alpha value is -16.8. The summed E-state index contributed by atoms with van der Waals surface area (Å²) in [4.78, 5) is 9.90. The molecule has 0 unspecified atom stereocenters. The van der Waals surface area contributed by atoms with Crippen molar-refractivity contribution in [1.29, 1.82) is 0 Å². The van der Waals surface area contributed by atoms with Crippen molar-refractivity contribution in [3.63, 3.8) is 0 Å². The minimum atomic E-state index is 0.633. The first kappa shape index (κ1) is 70.6. The van der Waals surface area contributed by atoms with E-state index >= 15 is 0 Å². The van der Waals surface area contributed by atoms with E-state index in [1.807, 2.05) is 152 Å². The second kappa shape index (κ2) is 29.7. The molecule has 0 saturated carbocycles. The Morgan fingerprint density at radius 1 is 0.205 bits per heavy atom. The van der Waals surface area contributed by atoms with Crippen molar-refractivity contribution < 1.29 is 8.83 Å². The van der Waals surface area contributed by atoms with Crippen LogP contribution in [0.15, 0.2) is 427 Å². The summed E-state index contributed by atoms with van der Waals surface area (Å²) in [7, 11) is 0. The lowest BCUT2D eigenvalue weighted by Crippen LogP contribution is -1.97. The zero-order valence-corrected chi connectivity index (χ0v) is 65.6. The van der Waals surface area contributed by atoms with E-state index in [-0.39, 0.29) is 0 Å². The predicted octanol–water partition coefficient (Wildman–Crippen LogP) is 27.5. The Morgan fingerprint density at radius 3 is 1.26 bits per heavy atom. The maximum absolute atomic E-state index is 6.39. The molecule has 25 aromatic rings. The second-order valence-corrected chi connectivity index (χ2v) is 30.4. The number of fused-ring (bicyclic) bond motifs is 15. The molecule has 25 rings (SSSR count). The molecule has 0 bridgehead atoms. The lowest BCUT2D eigenvalue weighted by atomic mass is 9.86. The number of hydrogen-bond donors (Lipinski definition) is 0. The van der Waals surface area contributed by atoms with Crippen molar-refractivity contribution in [3.05, 3.63) is 419 Å². The maximum Gasteiger partial charge on any atom is 0.227 e. The molecule has 6 heterocycles. The van der Waals surface area contributed by atoms with Crippen molar-refractivity contribution in [1.82, 2.24) is 54.5 Å². The van der Waals surface area contributed by atoms with Gasteiger partial charge >= 0.3 is 0 Å². The fourth-order valence-corrected chi connectivity index (χ4v) is 17.5. The second-order valence-electron chi connectivity index (χ2n) is 30.4. The highest BCUT2D eigenvalue weighted by Gasteiger charge is 2.24. The highest BCUT2D eigenvalue weighted by atomic mass is 16.3. The molecule has 19 aromatic carbocycles. The van der Waals surface area contributed by atoms with Crippen LogP contribution in [-0.2, 0) is 0 Å². The van der Waals surface area contributed by atoms with E-state index < -0.39 is 0 Å². The lowest BCUT2D eigenvalue weighted by Gasteiger charge is -2.17. The van der Waals surface area contributed by atoms with Crippen LogP contribution in [0, 0.1) is 0 Å². The summed E-state index contributed by atoms with van der Waals surface area (Å²) in [6.45, 7) is 0. The first-order valence-electron chi connectivity index (χ1n) is 40.8. The van der Waals surface area contributed by atoms with Crippen LogP contribution in [0.1, 0.15) is 0 Å². The molecule has 0 aliphatic carbocycles. The quantitative estimate of drug-likeness (QED) is 0.116. The van der Waals surface area contributed by atoms with Crippen molar-refractivity contribution in [3.8, 4) is 101 Å². The molecule has 0 N–H and O–H groups in total. The van der Waals surface area contributed by atoms with Crippen LogP contribution in [0.3, 0.4) is 0 Å². The Morgan fingerprint density at radius 2 is 0.623 bits per heavy atom. The van der Waals surface area contributed by atoms with Crippen LogP contribution in [0.2, 0.25) is 0 Å². The summed E-state index contributed by atoms with van der Waals surface area (Å²) >= 11 is 0. The van der Waals surface area contributed by atoms with Gasteiger partial charge in [-0.05, 0) is 227 Å². The number of hydrogen-bond acceptors (Lipinski definition) is 9. The van der Waals surface area contributed by atoms with E-state index in [0.717, 1.165) is 144 Å². The normalized spacial score (nSPS) is 11.6. The summed E-state index contributed by atoms with van der Waals surface area (Å²) in [6.07, 6.45) is 0. The van der Waals surface area contributed by atoms with Gasteiger partial charge in [-0.3, -0.25) is 0 Å². The highest BCUT2D eigenvalue weighted by Crippen LogP contribution is 2.48. The molecule has 13 heteroatoms. The summed E-state index contributed by atoms with van der Waals surface area (Å²) in [5, 5.41) is 40.1. The van der Waals surface area contributed by atoms with Gasteiger partial charge in [-0.1, -0.05) is 285 Å². The van der Waals surface area contributed by atoms with E-state index in [0.29, 0.717) is 5.89 Å². The Kier molecular flexibility index (Phi) is 17.2. The smallest absolute Gasteiger partial charge is 0.227 e. The average Bonchev–Trinajstić information content (AvgIpc) is 1.53. The molecule has 6 aromatic heterocycles. The van der Waals surface area contributed by atoms with Crippen LogP contribution in [0.25, 0.3) is 221 Å². The number of furan rings is 1. The Labute approximate surface area is 698 Å². The molecule has 0 fully saturated rings. The van der Waals surface area contributed by atoms with Crippen LogP contribution in [0.4, 0.5) is 0 Å². The molecule has 122 heavy (non-hydrogen) atoms. The number of benzene rings is 19. The zero-order valence-electron chi connectivity index (χ0n) is 65.6. The average molecular weight is 1560 g/mol. The molecule has 0 aliphatic rings. The Balaban J connectivity index is 0.000000107. The molecule has 0 atom stereocenters. The molecule has 0 amide bonds. The number of rotatable bonds is 11. The van der Waals surface area contributed by atoms with E-state index in [1.165, 1.54) is 71.5 Å². The van der Waals surface area contributed by atoms with Crippen molar-refractivity contribution in [2.24, 2.45) is 0 Å². The third-order valence-corrected chi connectivity index (χ3v) is 23.2. The van der Waals surface area contributed by atoms with Crippen molar-refractivity contribution in [2.45, 2.75) is 0 Å². The molecule has 13 nitrogen and oxygen atoms in total. The fourth-order valence-electron chi connectivity index (χ4n) is 17.5. The summed E-state index contributed by atoms with van der Waals surface area (Å²) < 4.78 is 15.0. The van der Waals surface area contributed by atoms with Gasteiger partial charge in [0.1, 0.15) is 49.8 Å². The van der Waals surface area contributed by atoms with Gasteiger partial charge in [0.05, 0.1) is 28.1 Å². The van der Waals surface area contributed by atoms with Crippen molar-refractivity contribution >= 4 is 120 Å². The number of nitrogens with zero attached hydrogens (tertiary/aromatic N) is 11. The molecule has 0 spiro atoms. The fraction of sp³-hybridized carbons (Fsp3) is 0. The first-order valence-corrected chi connectivity index (χ1v) is 40.8. The van der Waals surface area contributed by atoms with E-state index in [9.17, 15) is 0 Å². The summed E-state index contributed by atoms with van der Waals surface area (Å²) in [5.74, 6) is 0.633. The predicted molar refractivity (Wildman–Crippen MR) is 496 cm³/mol. The van der Waals surface area contributed by atoms with Gasteiger partial charge in [0.25, 0.3) is 0 Å². The van der Waals surface area contributed by atoms with Gasteiger partial charge < -0.3 is 13.4 Å². The number of aromatic nitrogens is 11. The van der Waals surface area contributed by atoms with Crippen LogP contribution in [-0.4, -0.2) is 54.5 Å². The number of oxazole rings is 1. The van der Waals surface area contributed by atoms with Gasteiger partial charge in [0.15, 0.2) is 5.58 Å². The molecule has 572 valence electrons. The highest BCUT2D eigenvalue weighted by molar-refractivity contribution is 6.21. The van der Waals surface area contributed by atoms with E-state index in [4.69, 9.17) is 34.2 Å². The Bertz CT molecular complexity index is 8320. The standard InChI is InChI=1S/C42H28N4.C34H21N3O.C33H20N4O/c1-4-14-29(15-5-1)41-33(30-26-27-37-38(28-30)44-46(43-37)32-18-8-3-9-19-32)21-12-22-34(41)35-23-13-25-40-42(35)36-20-10-11-24-39(36)45(40)31-16-6-2-7-17-31;1-2-9-23(10-3-1)37-35-30-20-17-22(21-31(30)36-37)24-18-19-27(26-12-5-4-11-25(24)26)28-14-8-16-33-34(28)29-13-6-7-15-32(29)38-33;1-3-7-23(8-4-1)33-34-29-18-15-22-13-11-21-12-14-24(19-27(21)31(22)32(29)38-33)25-16-17-28-30(20-25)36-37(35-28)26-9-5-2-6-10-26/h1-28H;1-21H;1-20H. The summed E-state index contributed by atoms with van der Waals surface area (Å²) in [5.41, 5.74) is 29.9. The molecule has 0 aliphatic heterocycles. The molecule has 0 radical (unpaired) electrons. The first-order chi connectivity index (χ1) is 60.5. The maximum atomic E-state index is 6.39. The van der Waals surface area contributed by atoms with Gasteiger partial charge in [-0.15, -0.1) is 30.6 Å². The van der Waals surface area contributed by atoms with Crippen LogP contribution in [0.5, 0.6) is 0 Å². The SMILES string of the molecule is c1ccc(-c2c(-c3ccc4nn(-c5ccccc5)nc4c3)cccc2-c2cccc3c2c2ccccc2n3-c2ccccc2)cc1.c1ccc(-c2nc3ccc4ccc5ccc(-c6ccc7nn(-c8ccccc8)nc7c6)cc5c4c3o2)cc1.c1ccc(-n2nc3ccc(-c4ccc(-c5cccc6oc7ccccc7c56)c5ccccc45)cc3n2)cc1. The third kappa shape index (κ3) is 12.5. The van der Waals surface area contributed by atoms with Gasteiger partial charge in [0, 0.05) is 38.2 Å². The van der Waals surface area contributed by atoms with Crippen LogP contribution < -0.4 is 0 Å². The van der Waals surface area contributed by atoms with Gasteiger partial charge in [0.2, 0.25) is 5.89 Å². The van der Waals surface area contributed by atoms with Crippen LogP contribution >= 0.6 is 0 Å². The molecule has 0 saturated heterocycles. The largest absolute Gasteiger partial charge is 0.456 e. The van der Waals surface area contributed by atoms with E-state index in [2.05, 4.69) is 282 Å². The summed E-state index contributed by atoms with van der Waals surface area (Å²) in [6, 6.07) is 145. The minimum absolute atomic E-state index is 0.633. The minimum Gasteiger partial charge on any atom is -0.456 e. The van der Waals surface area contributed by atoms with E-state index in [1.54, 1.807) is 14.4 Å². The number of para-hydroxylation sites is 6. The van der Waals surface area contributed by atoms with Gasteiger partial charge in [-0.2, -0.15) is 14.4 Å². The van der Waals surface area contributed by atoms with Crippen molar-refractivity contribution in [2.75, 3.05) is 0 Å². The third-order valence-electron chi connectivity index (χ3n) is 23.2.